The molecule has 1 fully saturated rings. The second kappa shape index (κ2) is 6.36. The Morgan fingerprint density at radius 2 is 2.05 bits per heavy atom. The summed E-state index contributed by atoms with van der Waals surface area (Å²) in [5.41, 5.74) is 1.56. The number of carbonyl (C=O) groups excluding carboxylic acids is 1. The van der Waals surface area contributed by atoms with Gasteiger partial charge in [0, 0.05) is 19.1 Å². The second-order valence-electron chi connectivity index (χ2n) is 5.71. The molecule has 0 saturated carbocycles. The van der Waals surface area contributed by atoms with E-state index in [1.165, 1.54) is 0 Å². The molecule has 1 amide bonds. The Kier molecular flexibility index (Phi) is 4.29. The zero-order chi connectivity index (χ0) is 15.5. The molecule has 0 unspecified atom stereocenters. The smallest absolute Gasteiger partial charge is 0.329 e. The summed E-state index contributed by atoms with van der Waals surface area (Å²) >= 11 is 0. The van der Waals surface area contributed by atoms with E-state index in [4.69, 9.17) is 0 Å². The molecule has 118 valence electrons. The third-order valence-electron chi connectivity index (χ3n) is 4.21. The molecule has 6 nitrogen and oxygen atoms in total. The lowest BCUT2D eigenvalue weighted by molar-refractivity contribution is -0.122. The molecule has 1 atom stereocenters. The lowest BCUT2D eigenvalue weighted by atomic mass is 10.1. The Balaban J connectivity index is 1.82. The highest BCUT2D eigenvalue weighted by atomic mass is 16.2. The van der Waals surface area contributed by atoms with Gasteiger partial charge in [0.25, 0.3) is 0 Å². The molecule has 22 heavy (non-hydrogen) atoms. The summed E-state index contributed by atoms with van der Waals surface area (Å²) < 4.78 is 3.26. The summed E-state index contributed by atoms with van der Waals surface area (Å²) in [6.07, 6.45) is 2.06. The summed E-state index contributed by atoms with van der Waals surface area (Å²) in [5.74, 6) is -0.102. The van der Waals surface area contributed by atoms with Gasteiger partial charge in [-0.25, -0.2) is 4.79 Å². The highest BCUT2D eigenvalue weighted by molar-refractivity contribution is 5.81. The van der Waals surface area contributed by atoms with Crippen LogP contribution in [0.4, 0.5) is 0 Å². The number of nitrogens with zero attached hydrogens (tertiary/aromatic N) is 2. The summed E-state index contributed by atoms with van der Waals surface area (Å²) in [7, 11) is 0. The predicted molar refractivity (Wildman–Crippen MR) is 85.9 cm³/mol. The van der Waals surface area contributed by atoms with Gasteiger partial charge in [-0.05, 0) is 38.4 Å². The van der Waals surface area contributed by atoms with E-state index in [0.717, 1.165) is 37.0 Å². The van der Waals surface area contributed by atoms with Crippen LogP contribution in [0.25, 0.3) is 11.0 Å². The van der Waals surface area contributed by atoms with Crippen LogP contribution in [0.5, 0.6) is 0 Å². The van der Waals surface area contributed by atoms with Gasteiger partial charge >= 0.3 is 5.69 Å². The van der Waals surface area contributed by atoms with Crippen molar-refractivity contribution in [2.45, 2.75) is 38.9 Å². The topological polar surface area (TPSA) is 68.1 Å². The highest BCUT2D eigenvalue weighted by Gasteiger charge is 2.18. The van der Waals surface area contributed by atoms with Crippen molar-refractivity contribution in [3.8, 4) is 0 Å². The van der Waals surface area contributed by atoms with Crippen molar-refractivity contribution in [1.82, 2.24) is 19.8 Å². The maximum Gasteiger partial charge on any atom is 0.329 e. The van der Waals surface area contributed by atoms with Gasteiger partial charge in [0.05, 0.1) is 11.0 Å². The molecular weight excluding hydrogens is 280 g/mol. The number of nitrogens with one attached hydrogen (secondary N) is 2. The number of carbonyl (C=O) groups is 1. The standard InChI is InChI=1S/C16H22N4O2/c1-2-19-13-7-3-4-8-14(13)20(16(19)22)11-15(21)18-12-6-5-9-17-10-12/h3-4,7-8,12,17H,2,5-6,9-11H2,1H3,(H,18,21)/t12-/m0/s1. The van der Waals surface area contributed by atoms with Gasteiger partial charge < -0.3 is 10.6 Å². The highest BCUT2D eigenvalue weighted by Crippen LogP contribution is 2.12. The average molecular weight is 302 g/mol. The van der Waals surface area contributed by atoms with E-state index in [-0.39, 0.29) is 24.2 Å². The lowest BCUT2D eigenvalue weighted by Gasteiger charge is -2.23. The Hall–Kier alpha value is -2.08. The number of aromatic nitrogens is 2. The normalized spacial score (nSPS) is 18.5. The quantitative estimate of drug-likeness (QED) is 0.873. The number of hydrogen-bond donors (Lipinski definition) is 2. The van der Waals surface area contributed by atoms with Crippen LogP contribution < -0.4 is 16.3 Å². The summed E-state index contributed by atoms with van der Waals surface area (Å²) in [6.45, 7) is 4.42. The first-order chi connectivity index (χ1) is 10.7. The average Bonchev–Trinajstić information content (AvgIpc) is 2.80. The van der Waals surface area contributed by atoms with Crippen molar-refractivity contribution in [2.24, 2.45) is 0 Å². The van der Waals surface area contributed by atoms with Crippen molar-refractivity contribution < 1.29 is 4.79 Å². The van der Waals surface area contributed by atoms with Crippen molar-refractivity contribution >= 4 is 16.9 Å². The molecule has 1 aromatic carbocycles. The zero-order valence-electron chi connectivity index (χ0n) is 12.8. The van der Waals surface area contributed by atoms with Gasteiger partial charge in [-0.15, -0.1) is 0 Å². The van der Waals surface area contributed by atoms with E-state index in [1.807, 2.05) is 31.2 Å². The van der Waals surface area contributed by atoms with E-state index in [2.05, 4.69) is 10.6 Å². The Morgan fingerprint density at radius 3 is 2.68 bits per heavy atom. The molecule has 1 aliphatic rings. The van der Waals surface area contributed by atoms with Crippen LogP contribution in [0.3, 0.4) is 0 Å². The molecule has 2 aromatic rings. The zero-order valence-corrected chi connectivity index (χ0v) is 12.8. The van der Waals surface area contributed by atoms with Gasteiger partial charge in [0.15, 0.2) is 0 Å². The van der Waals surface area contributed by atoms with E-state index in [1.54, 1.807) is 9.13 Å². The molecule has 2 N–H and O–H groups in total. The van der Waals surface area contributed by atoms with Crippen LogP contribution in [0.1, 0.15) is 19.8 Å². The maximum atomic E-state index is 12.5. The Labute approximate surface area is 129 Å². The summed E-state index contributed by atoms with van der Waals surface area (Å²) in [6, 6.07) is 7.77. The number of fused-ring (bicyclic) bond motifs is 1. The molecule has 0 spiro atoms. The van der Waals surface area contributed by atoms with E-state index in [9.17, 15) is 9.59 Å². The number of aryl methyl sites for hydroxylation is 1. The van der Waals surface area contributed by atoms with Crippen molar-refractivity contribution in [3.63, 3.8) is 0 Å². The van der Waals surface area contributed by atoms with Crippen molar-refractivity contribution in [2.75, 3.05) is 13.1 Å². The molecule has 6 heteroatoms. The number of benzene rings is 1. The van der Waals surface area contributed by atoms with E-state index in [0.29, 0.717) is 6.54 Å². The Bertz CT molecular complexity index is 725. The van der Waals surface area contributed by atoms with Crippen LogP contribution in [-0.4, -0.2) is 34.2 Å². The Morgan fingerprint density at radius 1 is 1.32 bits per heavy atom. The van der Waals surface area contributed by atoms with Crippen LogP contribution in [-0.2, 0) is 17.9 Å². The molecule has 2 heterocycles. The molecule has 3 rings (SSSR count). The monoisotopic (exact) mass is 302 g/mol. The first-order valence-corrected chi connectivity index (χ1v) is 7.89. The molecule has 0 bridgehead atoms. The first kappa shape index (κ1) is 14.8. The van der Waals surface area contributed by atoms with Crippen LogP contribution in [0.15, 0.2) is 29.1 Å². The van der Waals surface area contributed by atoms with Gasteiger partial charge in [-0.2, -0.15) is 0 Å². The number of amides is 1. The van der Waals surface area contributed by atoms with Gasteiger partial charge in [0.1, 0.15) is 6.54 Å². The van der Waals surface area contributed by atoms with Gasteiger partial charge in [-0.3, -0.25) is 13.9 Å². The van der Waals surface area contributed by atoms with Gasteiger partial charge in [0.2, 0.25) is 5.91 Å². The summed E-state index contributed by atoms with van der Waals surface area (Å²) in [5, 5.41) is 6.29. The van der Waals surface area contributed by atoms with Crippen molar-refractivity contribution in [3.05, 3.63) is 34.7 Å². The van der Waals surface area contributed by atoms with Crippen molar-refractivity contribution in [1.29, 1.82) is 0 Å². The second-order valence-corrected chi connectivity index (χ2v) is 5.71. The fourth-order valence-electron chi connectivity index (χ4n) is 3.12. The molecular formula is C16H22N4O2. The number of hydrogen-bond acceptors (Lipinski definition) is 3. The number of imidazole rings is 1. The fourth-order valence-corrected chi connectivity index (χ4v) is 3.12. The molecule has 0 radical (unpaired) electrons. The molecule has 0 aliphatic carbocycles. The SMILES string of the molecule is CCn1c(=O)n(CC(=O)N[C@H]2CCCNC2)c2ccccc21. The van der Waals surface area contributed by atoms with Crippen LogP contribution >= 0.6 is 0 Å². The fraction of sp³-hybridized carbons (Fsp3) is 0.500. The minimum absolute atomic E-state index is 0.0723. The molecule has 1 saturated heterocycles. The van der Waals surface area contributed by atoms with E-state index >= 15 is 0 Å². The first-order valence-electron chi connectivity index (χ1n) is 7.89. The number of piperidine rings is 1. The molecule has 1 aliphatic heterocycles. The predicted octanol–water partition coefficient (Wildman–Crippen LogP) is 0.691. The largest absolute Gasteiger partial charge is 0.351 e. The van der Waals surface area contributed by atoms with Gasteiger partial charge in [-0.1, -0.05) is 12.1 Å². The van der Waals surface area contributed by atoms with Crippen LogP contribution in [0, 0.1) is 0 Å². The molecule has 1 aromatic heterocycles. The maximum absolute atomic E-state index is 12.5. The third kappa shape index (κ3) is 2.78. The van der Waals surface area contributed by atoms with Crippen LogP contribution in [0.2, 0.25) is 0 Å². The summed E-state index contributed by atoms with van der Waals surface area (Å²) in [4.78, 5) is 24.7. The number of rotatable bonds is 4. The third-order valence-corrected chi connectivity index (χ3v) is 4.21. The number of para-hydroxylation sites is 2. The minimum atomic E-state index is -0.124. The van der Waals surface area contributed by atoms with E-state index < -0.39 is 0 Å². The minimum Gasteiger partial charge on any atom is -0.351 e. The lowest BCUT2D eigenvalue weighted by Crippen LogP contribution is -2.47.